The van der Waals surface area contributed by atoms with E-state index in [4.69, 9.17) is 9.72 Å². The molecule has 132 valence electrons. The summed E-state index contributed by atoms with van der Waals surface area (Å²) in [6.45, 7) is 7.98. The Morgan fingerprint density at radius 3 is 2.72 bits per heavy atom. The van der Waals surface area contributed by atoms with E-state index in [2.05, 4.69) is 72.4 Å². The number of nitrogens with zero attached hydrogens (tertiary/aromatic N) is 2. The van der Waals surface area contributed by atoms with Gasteiger partial charge in [-0.3, -0.25) is 0 Å². The van der Waals surface area contributed by atoms with Crippen molar-refractivity contribution in [3.8, 4) is 11.3 Å². The van der Waals surface area contributed by atoms with Gasteiger partial charge in [-0.25, -0.2) is 4.98 Å². The molecule has 0 aliphatic heterocycles. The maximum atomic E-state index is 5.17. The average molecular weight is 356 g/mol. The highest BCUT2D eigenvalue weighted by Gasteiger charge is 2.14. The number of thiazole rings is 1. The van der Waals surface area contributed by atoms with Crippen molar-refractivity contribution < 1.29 is 4.74 Å². The third-order valence-corrected chi connectivity index (χ3v) is 5.10. The summed E-state index contributed by atoms with van der Waals surface area (Å²) < 4.78 is 7.52. The highest BCUT2D eigenvalue weighted by Crippen LogP contribution is 2.30. The van der Waals surface area contributed by atoms with Crippen molar-refractivity contribution in [2.45, 2.75) is 33.4 Å². The van der Waals surface area contributed by atoms with Gasteiger partial charge in [-0.2, -0.15) is 0 Å². The van der Waals surface area contributed by atoms with Gasteiger partial charge in [0.25, 0.3) is 0 Å². The Balaban J connectivity index is 1.82. The molecule has 4 nitrogen and oxygen atoms in total. The number of rotatable bonds is 7. The first kappa shape index (κ1) is 17.7. The fourth-order valence-corrected chi connectivity index (χ4v) is 3.86. The van der Waals surface area contributed by atoms with Crippen LogP contribution in [0.5, 0.6) is 0 Å². The number of hydrogen-bond acceptors (Lipinski definition) is 4. The van der Waals surface area contributed by atoms with Gasteiger partial charge < -0.3 is 14.6 Å². The van der Waals surface area contributed by atoms with Crippen LogP contribution in [0.1, 0.15) is 23.9 Å². The van der Waals surface area contributed by atoms with E-state index in [-0.39, 0.29) is 6.04 Å². The predicted molar refractivity (Wildman–Crippen MR) is 106 cm³/mol. The summed E-state index contributed by atoms with van der Waals surface area (Å²) in [4.78, 5) is 4.76. The van der Waals surface area contributed by atoms with Crippen LogP contribution in [0.25, 0.3) is 11.3 Å². The van der Waals surface area contributed by atoms with E-state index in [1.807, 2.05) is 0 Å². The molecular weight excluding hydrogens is 330 g/mol. The zero-order valence-electron chi connectivity index (χ0n) is 15.2. The number of nitrogens with one attached hydrogen (secondary N) is 1. The lowest BCUT2D eigenvalue weighted by molar-refractivity contribution is 0.190. The van der Waals surface area contributed by atoms with Crippen LogP contribution in [0.2, 0.25) is 0 Å². The number of anilines is 1. The maximum Gasteiger partial charge on any atom is 0.183 e. The molecule has 0 bridgehead atoms. The van der Waals surface area contributed by atoms with E-state index in [9.17, 15) is 0 Å². The molecule has 2 heterocycles. The fraction of sp³-hybridized carbons (Fsp3) is 0.350. The molecule has 1 N–H and O–H groups in total. The Labute approximate surface area is 153 Å². The first-order valence-corrected chi connectivity index (χ1v) is 9.38. The lowest BCUT2D eigenvalue weighted by Gasteiger charge is -2.11. The summed E-state index contributed by atoms with van der Waals surface area (Å²) in [7, 11) is 1.72. The molecule has 0 fully saturated rings. The quantitative estimate of drug-likeness (QED) is 0.666. The molecule has 3 rings (SSSR count). The lowest BCUT2D eigenvalue weighted by atomic mass is 10.2. The van der Waals surface area contributed by atoms with E-state index in [0.29, 0.717) is 6.61 Å². The Hall–Kier alpha value is -2.11. The molecule has 5 heteroatoms. The van der Waals surface area contributed by atoms with Crippen molar-refractivity contribution in [1.82, 2.24) is 9.55 Å². The van der Waals surface area contributed by atoms with Crippen molar-refractivity contribution in [3.05, 3.63) is 58.7 Å². The third kappa shape index (κ3) is 4.11. The second-order valence-corrected chi connectivity index (χ2v) is 7.25. The number of ether oxygens (including phenoxy) is 1. The van der Waals surface area contributed by atoms with Crippen molar-refractivity contribution in [2.24, 2.45) is 0 Å². The van der Waals surface area contributed by atoms with Crippen molar-refractivity contribution >= 4 is 16.5 Å². The number of hydrogen-bond donors (Lipinski definition) is 1. The molecule has 0 aliphatic rings. The molecule has 0 amide bonds. The second kappa shape index (κ2) is 7.85. The zero-order chi connectivity index (χ0) is 17.8. The minimum atomic E-state index is 0.245. The predicted octanol–water partition coefficient (Wildman–Crippen LogP) is 4.72. The Kier molecular flexibility index (Phi) is 5.56. The van der Waals surface area contributed by atoms with E-state index in [1.165, 1.54) is 22.5 Å². The molecule has 0 aliphatic carbocycles. The van der Waals surface area contributed by atoms with Gasteiger partial charge in [-0.05, 0) is 32.4 Å². The molecule has 25 heavy (non-hydrogen) atoms. The minimum Gasteiger partial charge on any atom is -0.383 e. The number of aryl methyl sites for hydroxylation is 1. The molecule has 1 atom stereocenters. The van der Waals surface area contributed by atoms with E-state index in [0.717, 1.165) is 17.4 Å². The SMILES string of the molecule is COC[C@@H](C)Nc1nc(-c2cc(C)n(Cc3ccccc3)c2C)cs1. The Bertz CT molecular complexity index is 823. The molecule has 0 saturated carbocycles. The minimum absolute atomic E-state index is 0.245. The number of benzene rings is 1. The van der Waals surface area contributed by atoms with Gasteiger partial charge in [0, 0.05) is 42.0 Å². The third-order valence-electron chi connectivity index (χ3n) is 4.32. The molecule has 0 spiro atoms. The van der Waals surface area contributed by atoms with Crippen molar-refractivity contribution in [2.75, 3.05) is 19.0 Å². The van der Waals surface area contributed by atoms with Gasteiger partial charge in [0.05, 0.1) is 12.3 Å². The topological polar surface area (TPSA) is 39.1 Å². The summed E-state index contributed by atoms with van der Waals surface area (Å²) in [6.07, 6.45) is 0. The molecule has 2 aromatic heterocycles. The first-order chi connectivity index (χ1) is 12.1. The molecule has 0 unspecified atom stereocenters. The van der Waals surface area contributed by atoms with Gasteiger partial charge in [-0.15, -0.1) is 11.3 Å². The zero-order valence-corrected chi connectivity index (χ0v) is 16.1. The van der Waals surface area contributed by atoms with Gasteiger partial charge in [0.2, 0.25) is 0 Å². The summed E-state index contributed by atoms with van der Waals surface area (Å²) in [5.41, 5.74) is 6.06. The first-order valence-electron chi connectivity index (χ1n) is 8.50. The van der Waals surface area contributed by atoms with Crippen LogP contribution in [0, 0.1) is 13.8 Å². The molecule has 1 aromatic carbocycles. The average Bonchev–Trinajstić information content (AvgIpc) is 3.15. The standard InChI is InChI=1S/C20H25N3OS/c1-14(12-24-4)21-20-22-19(13-25-20)18-10-15(2)23(16(18)3)11-17-8-6-5-7-9-17/h5-10,13-14H,11-12H2,1-4H3,(H,21,22)/t14-/m1/s1. The summed E-state index contributed by atoms with van der Waals surface area (Å²) >= 11 is 1.64. The van der Waals surface area contributed by atoms with Crippen LogP contribution in [0.15, 0.2) is 41.8 Å². The van der Waals surface area contributed by atoms with Crippen LogP contribution in [0.4, 0.5) is 5.13 Å². The van der Waals surface area contributed by atoms with Gasteiger partial charge in [-0.1, -0.05) is 30.3 Å². The highest BCUT2D eigenvalue weighted by molar-refractivity contribution is 7.14. The summed E-state index contributed by atoms with van der Waals surface area (Å²) in [5.74, 6) is 0. The smallest absolute Gasteiger partial charge is 0.183 e. The van der Waals surface area contributed by atoms with Crippen LogP contribution in [-0.2, 0) is 11.3 Å². The summed E-state index contributed by atoms with van der Waals surface area (Å²) in [5, 5.41) is 6.45. The molecule has 3 aromatic rings. The van der Waals surface area contributed by atoms with Crippen LogP contribution in [-0.4, -0.2) is 29.3 Å². The number of methoxy groups -OCH3 is 1. The van der Waals surface area contributed by atoms with Crippen LogP contribution >= 0.6 is 11.3 Å². The van der Waals surface area contributed by atoms with Gasteiger partial charge >= 0.3 is 0 Å². The molecule has 0 radical (unpaired) electrons. The normalized spacial score (nSPS) is 12.3. The lowest BCUT2D eigenvalue weighted by Crippen LogP contribution is -2.20. The van der Waals surface area contributed by atoms with Gasteiger partial charge in [0.15, 0.2) is 5.13 Å². The van der Waals surface area contributed by atoms with E-state index < -0.39 is 0 Å². The monoisotopic (exact) mass is 355 g/mol. The molecule has 0 saturated heterocycles. The maximum absolute atomic E-state index is 5.17. The Morgan fingerprint density at radius 2 is 2.00 bits per heavy atom. The summed E-state index contributed by atoms with van der Waals surface area (Å²) in [6, 6.07) is 13.0. The number of aromatic nitrogens is 2. The van der Waals surface area contributed by atoms with Crippen LogP contribution < -0.4 is 5.32 Å². The highest BCUT2D eigenvalue weighted by atomic mass is 32.1. The van der Waals surface area contributed by atoms with Crippen molar-refractivity contribution in [3.63, 3.8) is 0 Å². The van der Waals surface area contributed by atoms with Crippen LogP contribution in [0.3, 0.4) is 0 Å². The van der Waals surface area contributed by atoms with Crippen molar-refractivity contribution in [1.29, 1.82) is 0 Å². The van der Waals surface area contributed by atoms with E-state index in [1.54, 1.807) is 18.4 Å². The fourth-order valence-electron chi connectivity index (χ4n) is 3.04. The van der Waals surface area contributed by atoms with E-state index >= 15 is 0 Å². The second-order valence-electron chi connectivity index (χ2n) is 6.40. The molecular formula is C20H25N3OS. The Morgan fingerprint density at radius 1 is 1.24 bits per heavy atom. The van der Waals surface area contributed by atoms with Gasteiger partial charge in [0.1, 0.15) is 0 Å². The largest absolute Gasteiger partial charge is 0.383 e.